The molecule has 3 atom stereocenters. The van der Waals surface area contributed by atoms with Gasteiger partial charge in [-0.2, -0.15) is 5.10 Å². The first-order valence-electron chi connectivity index (χ1n) is 11.3. The summed E-state index contributed by atoms with van der Waals surface area (Å²) in [7, 11) is 2.17. The molecule has 32 heavy (non-hydrogen) atoms. The average molecular weight is 435 g/mol. The summed E-state index contributed by atoms with van der Waals surface area (Å²) in [4.78, 5) is 16.8. The van der Waals surface area contributed by atoms with E-state index in [1.165, 1.54) is 5.56 Å². The van der Waals surface area contributed by atoms with E-state index in [2.05, 4.69) is 47.6 Å². The minimum Gasteiger partial charge on any atom is -0.483 e. The number of likely N-dealkylation sites (tertiary alicyclic amines) is 1. The maximum absolute atomic E-state index is 12.4. The van der Waals surface area contributed by atoms with Gasteiger partial charge in [-0.3, -0.25) is 4.79 Å². The Hall–Kier alpha value is -2.90. The number of hydrogen-bond acceptors (Lipinski definition) is 6. The summed E-state index contributed by atoms with van der Waals surface area (Å²) in [5, 5.41) is 14.3. The lowest BCUT2D eigenvalue weighted by Gasteiger charge is -2.40. The van der Waals surface area contributed by atoms with E-state index in [-0.39, 0.29) is 18.6 Å². The summed E-state index contributed by atoms with van der Waals surface area (Å²) in [5.41, 5.74) is 7.77. The van der Waals surface area contributed by atoms with Crippen LogP contribution in [0.3, 0.4) is 0 Å². The number of piperidine rings is 1. The van der Waals surface area contributed by atoms with Crippen LogP contribution >= 0.6 is 0 Å². The Kier molecular flexibility index (Phi) is 5.39. The van der Waals surface area contributed by atoms with E-state index in [0.717, 1.165) is 53.5 Å². The molecule has 3 aliphatic heterocycles. The molecule has 1 fully saturated rings. The number of carbonyl (C=O) groups is 1. The molecule has 5 rings (SSSR count). The number of hydrazone groups is 1. The van der Waals surface area contributed by atoms with E-state index in [1.54, 1.807) is 0 Å². The van der Waals surface area contributed by atoms with Crippen LogP contribution in [0.1, 0.15) is 37.3 Å². The second-order valence-electron chi connectivity index (χ2n) is 9.20. The molecule has 1 amide bonds. The lowest BCUT2D eigenvalue weighted by Crippen LogP contribution is -2.55. The second-order valence-corrected chi connectivity index (χ2v) is 9.20. The van der Waals surface area contributed by atoms with Crippen molar-refractivity contribution in [2.45, 2.75) is 38.8 Å². The molecule has 0 unspecified atom stereocenters. The largest absolute Gasteiger partial charge is 0.483 e. The number of carbonyl (C=O) groups excluding carboxylic acids is 1. The number of rotatable bonds is 3. The molecule has 7 heteroatoms. The van der Waals surface area contributed by atoms with Gasteiger partial charge in [-0.15, -0.1) is 0 Å². The molecule has 3 heterocycles. The fourth-order valence-corrected chi connectivity index (χ4v) is 5.37. The number of amidine groups is 1. The van der Waals surface area contributed by atoms with Crippen LogP contribution < -0.4 is 15.1 Å². The molecule has 0 saturated carbocycles. The van der Waals surface area contributed by atoms with Gasteiger partial charge in [0.25, 0.3) is 5.91 Å². The van der Waals surface area contributed by atoms with Crippen molar-refractivity contribution >= 4 is 17.4 Å². The number of benzene rings is 2. The molecule has 2 N–H and O–H groups in total. The lowest BCUT2D eigenvalue weighted by molar-refractivity contribution is -0.122. The summed E-state index contributed by atoms with van der Waals surface area (Å²) in [6.07, 6.45) is 1.06. The second kappa shape index (κ2) is 8.22. The van der Waals surface area contributed by atoms with Crippen LogP contribution in [0.2, 0.25) is 0 Å². The minimum absolute atomic E-state index is 0.0172. The van der Waals surface area contributed by atoms with Crippen LogP contribution in [0.4, 0.5) is 5.69 Å². The maximum Gasteiger partial charge on any atom is 0.262 e. The standard InChI is InChI=1S/C25H30N4O3/c1-15-12-28(3)9-8-18(15)20-10-22-23(11-21(20)19-7-5-4-6-17(19)13-30)32-14-24-26-27-25(31)16(2)29(22)24/h4-7,10-11,15-16,18,30H,8-9,12-14H2,1-3H3,(H,27,31)/t15-,16-,18+/m1/s1. The molecule has 1 saturated heterocycles. The van der Waals surface area contributed by atoms with Crippen LogP contribution in [-0.2, 0) is 11.4 Å². The minimum atomic E-state index is -0.358. The number of hydrogen-bond donors (Lipinski definition) is 2. The van der Waals surface area contributed by atoms with Crippen LogP contribution in [0.5, 0.6) is 5.75 Å². The zero-order valence-electron chi connectivity index (χ0n) is 18.8. The van der Waals surface area contributed by atoms with Gasteiger partial charge >= 0.3 is 0 Å². The van der Waals surface area contributed by atoms with Crippen molar-refractivity contribution in [2.75, 3.05) is 31.6 Å². The zero-order chi connectivity index (χ0) is 22.4. The fraction of sp³-hybridized carbons (Fsp3) is 0.440. The first-order chi connectivity index (χ1) is 15.5. The predicted molar refractivity (Wildman–Crippen MR) is 125 cm³/mol. The van der Waals surface area contributed by atoms with Crippen molar-refractivity contribution in [3.63, 3.8) is 0 Å². The van der Waals surface area contributed by atoms with E-state index in [0.29, 0.717) is 18.4 Å². The van der Waals surface area contributed by atoms with Gasteiger partial charge in [-0.05, 0) is 73.2 Å². The van der Waals surface area contributed by atoms with Crippen LogP contribution in [0.15, 0.2) is 41.5 Å². The summed E-state index contributed by atoms with van der Waals surface area (Å²) >= 11 is 0. The van der Waals surface area contributed by atoms with Gasteiger partial charge in [0.1, 0.15) is 18.4 Å². The highest BCUT2D eigenvalue weighted by Gasteiger charge is 2.37. The third-order valence-corrected chi connectivity index (χ3v) is 7.07. The van der Waals surface area contributed by atoms with Crippen LogP contribution in [0.25, 0.3) is 11.1 Å². The molecular weight excluding hydrogens is 404 g/mol. The van der Waals surface area contributed by atoms with Gasteiger partial charge in [-0.1, -0.05) is 31.2 Å². The fourth-order valence-electron chi connectivity index (χ4n) is 5.37. The first-order valence-corrected chi connectivity index (χ1v) is 11.3. The lowest BCUT2D eigenvalue weighted by atomic mass is 9.77. The quantitative estimate of drug-likeness (QED) is 0.777. The number of ether oxygens (including phenoxy) is 1. The molecule has 0 aliphatic carbocycles. The molecule has 0 radical (unpaired) electrons. The smallest absolute Gasteiger partial charge is 0.262 e. The molecule has 2 aromatic carbocycles. The highest BCUT2D eigenvalue weighted by Crippen LogP contribution is 2.46. The van der Waals surface area contributed by atoms with Crippen LogP contribution in [-0.4, -0.2) is 54.5 Å². The number of nitrogens with zero attached hydrogens (tertiary/aromatic N) is 3. The molecule has 7 nitrogen and oxygen atoms in total. The number of amides is 1. The number of aliphatic hydroxyl groups is 1. The monoisotopic (exact) mass is 434 g/mol. The van der Waals surface area contributed by atoms with Crippen molar-refractivity contribution in [3.05, 3.63) is 47.5 Å². The Bertz CT molecular complexity index is 1080. The van der Waals surface area contributed by atoms with Crippen molar-refractivity contribution in [1.82, 2.24) is 10.3 Å². The SMILES string of the molecule is C[C@@H]1CN(C)CC[C@@H]1c1cc2c(cc1-c1ccccc1CO)OCC1=NNC(=O)[C@@H](C)N12. The number of anilines is 1. The Balaban J connectivity index is 1.70. The highest BCUT2D eigenvalue weighted by atomic mass is 16.5. The molecule has 0 spiro atoms. The van der Waals surface area contributed by atoms with Gasteiger partial charge in [-0.25, -0.2) is 5.43 Å². The van der Waals surface area contributed by atoms with Gasteiger partial charge in [0.2, 0.25) is 0 Å². The summed E-state index contributed by atoms with van der Waals surface area (Å²) in [5.74, 6) is 2.19. The predicted octanol–water partition coefficient (Wildman–Crippen LogP) is 2.93. The van der Waals surface area contributed by atoms with Gasteiger partial charge < -0.3 is 19.6 Å². The van der Waals surface area contributed by atoms with E-state index in [4.69, 9.17) is 4.74 Å². The van der Waals surface area contributed by atoms with Crippen molar-refractivity contribution in [3.8, 4) is 16.9 Å². The Morgan fingerprint density at radius 1 is 1.22 bits per heavy atom. The van der Waals surface area contributed by atoms with E-state index < -0.39 is 0 Å². The van der Waals surface area contributed by atoms with Gasteiger partial charge in [0.05, 0.1) is 12.3 Å². The third kappa shape index (κ3) is 3.45. The topological polar surface area (TPSA) is 77.4 Å². The normalized spacial score (nSPS) is 25.4. The van der Waals surface area contributed by atoms with E-state index >= 15 is 0 Å². The van der Waals surface area contributed by atoms with E-state index in [1.807, 2.05) is 30.0 Å². The van der Waals surface area contributed by atoms with Gasteiger partial charge in [0, 0.05) is 6.54 Å². The number of fused-ring (bicyclic) bond motifs is 3. The third-order valence-electron chi connectivity index (χ3n) is 7.07. The zero-order valence-corrected chi connectivity index (χ0v) is 18.8. The summed E-state index contributed by atoms with van der Waals surface area (Å²) in [6, 6.07) is 12.0. The van der Waals surface area contributed by atoms with Crippen LogP contribution in [0, 0.1) is 5.92 Å². The van der Waals surface area contributed by atoms with Crippen molar-refractivity contribution in [1.29, 1.82) is 0 Å². The first kappa shape index (κ1) is 21.0. The Morgan fingerprint density at radius 2 is 2.03 bits per heavy atom. The summed E-state index contributed by atoms with van der Waals surface area (Å²) < 4.78 is 6.10. The van der Waals surface area contributed by atoms with Crippen molar-refractivity contribution in [2.24, 2.45) is 11.0 Å². The average Bonchev–Trinajstić information content (AvgIpc) is 2.80. The van der Waals surface area contributed by atoms with Crippen molar-refractivity contribution < 1.29 is 14.6 Å². The summed E-state index contributed by atoms with van der Waals surface area (Å²) in [6.45, 7) is 6.57. The Morgan fingerprint density at radius 3 is 2.81 bits per heavy atom. The highest BCUT2D eigenvalue weighted by molar-refractivity contribution is 6.09. The number of aliphatic hydroxyl groups excluding tert-OH is 1. The maximum atomic E-state index is 12.4. The number of nitrogens with one attached hydrogen (secondary N) is 1. The molecule has 0 aromatic heterocycles. The molecule has 3 aliphatic rings. The molecule has 2 aromatic rings. The van der Waals surface area contributed by atoms with Gasteiger partial charge in [0.15, 0.2) is 5.84 Å². The Labute approximate surface area is 188 Å². The molecular formula is C25H30N4O3. The molecule has 0 bridgehead atoms. The molecule has 168 valence electrons. The van der Waals surface area contributed by atoms with E-state index in [9.17, 15) is 9.90 Å².